The van der Waals surface area contributed by atoms with Gasteiger partial charge in [-0.1, -0.05) is 18.2 Å². The van der Waals surface area contributed by atoms with Gasteiger partial charge in [-0.15, -0.1) is 0 Å². The molecule has 4 aromatic rings. The molecule has 20 heavy (non-hydrogen) atoms. The summed E-state index contributed by atoms with van der Waals surface area (Å²) in [6, 6.07) is 17.7. The van der Waals surface area contributed by atoms with Gasteiger partial charge in [0, 0.05) is 10.9 Å². The molecule has 0 N–H and O–H groups in total. The first-order chi connectivity index (χ1) is 9.92. The molecular formula is C17H11NO2. The fraction of sp³-hybridized carbons (Fsp3) is 0. The summed E-state index contributed by atoms with van der Waals surface area (Å²) in [6.07, 6.45) is 3.32. The summed E-state index contributed by atoms with van der Waals surface area (Å²) < 4.78 is 10.9. The van der Waals surface area contributed by atoms with Crippen molar-refractivity contribution in [3.8, 4) is 22.8 Å². The Bertz CT molecular complexity index is 846. The van der Waals surface area contributed by atoms with Crippen molar-refractivity contribution in [2.45, 2.75) is 0 Å². The van der Waals surface area contributed by atoms with Crippen LogP contribution >= 0.6 is 0 Å². The Hall–Kier alpha value is -2.81. The number of para-hydroxylation sites is 1. The molecule has 3 nitrogen and oxygen atoms in total. The molecule has 0 unspecified atom stereocenters. The first kappa shape index (κ1) is 11.1. The Kier molecular flexibility index (Phi) is 2.42. The second-order valence-electron chi connectivity index (χ2n) is 4.53. The number of furan rings is 2. The highest BCUT2D eigenvalue weighted by Gasteiger charge is 2.10. The van der Waals surface area contributed by atoms with Crippen LogP contribution in [0.25, 0.3) is 33.7 Å². The molecule has 4 rings (SSSR count). The predicted molar refractivity (Wildman–Crippen MR) is 77.1 cm³/mol. The highest BCUT2D eigenvalue weighted by atomic mass is 16.3. The number of benzene rings is 1. The van der Waals surface area contributed by atoms with Crippen LogP contribution in [0.1, 0.15) is 0 Å². The van der Waals surface area contributed by atoms with Crippen LogP contribution in [0, 0.1) is 0 Å². The van der Waals surface area contributed by atoms with E-state index in [1.165, 1.54) is 0 Å². The van der Waals surface area contributed by atoms with Crippen molar-refractivity contribution >= 4 is 10.9 Å². The fourth-order valence-electron chi connectivity index (χ4n) is 2.34. The molecule has 0 aliphatic rings. The number of rotatable bonds is 2. The average molecular weight is 261 g/mol. The Balaban J connectivity index is 1.99. The topological polar surface area (TPSA) is 39.2 Å². The summed E-state index contributed by atoms with van der Waals surface area (Å²) in [7, 11) is 0. The van der Waals surface area contributed by atoms with E-state index in [9.17, 15) is 0 Å². The molecule has 0 bridgehead atoms. The standard InChI is InChI=1S/C17H11NO2/c1-4-12-8-9-14(16-7-3-11-20-16)18-17(12)13(5-1)15-6-2-10-19-15/h1-11H. The fourth-order valence-corrected chi connectivity index (χ4v) is 2.34. The van der Waals surface area contributed by atoms with Crippen molar-refractivity contribution in [2.75, 3.05) is 0 Å². The smallest absolute Gasteiger partial charge is 0.152 e. The molecule has 96 valence electrons. The normalized spacial score (nSPS) is 11.0. The first-order valence-electron chi connectivity index (χ1n) is 6.39. The maximum atomic E-state index is 5.49. The molecule has 0 aliphatic carbocycles. The van der Waals surface area contributed by atoms with Crippen LogP contribution < -0.4 is 0 Å². The maximum Gasteiger partial charge on any atom is 0.152 e. The third-order valence-electron chi connectivity index (χ3n) is 3.28. The molecule has 0 radical (unpaired) electrons. The number of fused-ring (bicyclic) bond motifs is 1. The van der Waals surface area contributed by atoms with Crippen molar-refractivity contribution in [3.05, 3.63) is 67.1 Å². The quantitative estimate of drug-likeness (QED) is 0.522. The molecule has 3 heterocycles. The van der Waals surface area contributed by atoms with E-state index in [2.05, 4.69) is 0 Å². The molecule has 0 saturated heterocycles. The number of nitrogens with zero attached hydrogens (tertiary/aromatic N) is 1. The summed E-state index contributed by atoms with van der Waals surface area (Å²) in [5.41, 5.74) is 2.72. The van der Waals surface area contributed by atoms with Crippen LogP contribution in [-0.2, 0) is 0 Å². The summed E-state index contributed by atoms with van der Waals surface area (Å²) in [4.78, 5) is 4.72. The molecule has 0 atom stereocenters. The molecule has 0 aliphatic heterocycles. The van der Waals surface area contributed by atoms with Gasteiger partial charge < -0.3 is 8.83 Å². The van der Waals surface area contributed by atoms with Crippen molar-refractivity contribution in [2.24, 2.45) is 0 Å². The molecule has 3 heteroatoms. The van der Waals surface area contributed by atoms with Gasteiger partial charge in [-0.2, -0.15) is 0 Å². The second-order valence-corrected chi connectivity index (χ2v) is 4.53. The molecule has 1 aromatic carbocycles. The van der Waals surface area contributed by atoms with Crippen molar-refractivity contribution < 1.29 is 8.83 Å². The Morgan fingerprint density at radius 2 is 1.50 bits per heavy atom. The molecular weight excluding hydrogens is 250 g/mol. The lowest BCUT2D eigenvalue weighted by Gasteiger charge is -2.05. The average Bonchev–Trinajstić information content (AvgIpc) is 3.19. The lowest BCUT2D eigenvalue weighted by atomic mass is 10.1. The Morgan fingerprint density at radius 3 is 2.25 bits per heavy atom. The molecule has 0 spiro atoms. The van der Waals surface area contributed by atoms with Crippen LogP contribution in [-0.4, -0.2) is 4.98 Å². The van der Waals surface area contributed by atoms with Gasteiger partial charge in [-0.25, -0.2) is 4.98 Å². The van der Waals surface area contributed by atoms with Crippen molar-refractivity contribution in [1.29, 1.82) is 0 Å². The van der Waals surface area contributed by atoms with E-state index in [0.29, 0.717) is 0 Å². The van der Waals surface area contributed by atoms with Crippen LogP contribution in [0.5, 0.6) is 0 Å². The zero-order chi connectivity index (χ0) is 13.4. The van der Waals surface area contributed by atoms with Gasteiger partial charge in [0.2, 0.25) is 0 Å². The lowest BCUT2D eigenvalue weighted by molar-refractivity contribution is 0.580. The van der Waals surface area contributed by atoms with Crippen molar-refractivity contribution in [1.82, 2.24) is 4.98 Å². The van der Waals surface area contributed by atoms with Gasteiger partial charge in [0.15, 0.2) is 5.76 Å². The molecule has 0 amide bonds. The van der Waals surface area contributed by atoms with Gasteiger partial charge in [-0.3, -0.25) is 0 Å². The van der Waals surface area contributed by atoms with Gasteiger partial charge in [0.05, 0.1) is 18.0 Å². The summed E-state index contributed by atoms with van der Waals surface area (Å²) in [5.74, 6) is 1.58. The zero-order valence-corrected chi connectivity index (χ0v) is 10.6. The monoisotopic (exact) mass is 261 g/mol. The van der Waals surface area contributed by atoms with E-state index in [1.807, 2.05) is 54.6 Å². The van der Waals surface area contributed by atoms with E-state index in [0.717, 1.165) is 33.7 Å². The SMILES string of the molecule is c1coc(-c2ccc3cccc(-c4ccco4)c3n2)c1. The Labute approximate surface area is 115 Å². The Morgan fingerprint density at radius 1 is 0.700 bits per heavy atom. The summed E-state index contributed by atoms with van der Waals surface area (Å²) in [5, 5.41) is 1.08. The second kappa shape index (κ2) is 4.38. The number of hydrogen-bond acceptors (Lipinski definition) is 3. The van der Waals surface area contributed by atoms with Crippen LogP contribution in [0.2, 0.25) is 0 Å². The van der Waals surface area contributed by atoms with Crippen molar-refractivity contribution in [3.63, 3.8) is 0 Å². The largest absolute Gasteiger partial charge is 0.464 e. The zero-order valence-electron chi connectivity index (χ0n) is 10.6. The molecule has 3 aromatic heterocycles. The van der Waals surface area contributed by atoms with Gasteiger partial charge in [-0.05, 0) is 36.4 Å². The van der Waals surface area contributed by atoms with Crippen LogP contribution in [0.3, 0.4) is 0 Å². The summed E-state index contributed by atoms with van der Waals surface area (Å²) in [6.45, 7) is 0. The van der Waals surface area contributed by atoms with Crippen LogP contribution in [0.15, 0.2) is 76.0 Å². The highest BCUT2D eigenvalue weighted by molar-refractivity contribution is 5.93. The lowest BCUT2D eigenvalue weighted by Crippen LogP contribution is -1.87. The minimum Gasteiger partial charge on any atom is -0.464 e. The minimum atomic E-state index is 0.765. The van der Waals surface area contributed by atoms with Gasteiger partial charge in [0.25, 0.3) is 0 Å². The minimum absolute atomic E-state index is 0.765. The summed E-state index contributed by atoms with van der Waals surface area (Å²) >= 11 is 0. The number of hydrogen-bond donors (Lipinski definition) is 0. The third kappa shape index (κ3) is 1.72. The molecule has 0 saturated carbocycles. The van der Waals surface area contributed by atoms with Gasteiger partial charge >= 0.3 is 0 Å². The van der Waals surface area contributed by atoms with E-state index >= 15 is 0 Å². The maximum absolute atomic E-state index is 5.49. The third-order valence-corrected chi connectivity index (χ3v) is 3.28. The van der Waals surface area contributed by atoms with E-state index in [4.69, 9.17) is 13.8 Å². The van der Waals surface area contributed by atoms with E-state index in [-0.39, 0.29) is 0 Å². The number of pyridine rings is 1. The van der Waals surface area contributed by atoms with E-state index < -0.39 is 0 Å². The first-order valence-corrected chi connectivity index (χ1v) is 6.39. The predicted octanol–water partition coefficient (Wildman–Crippen LogP) is 4.75. The van der Waals surface area contributed by atoms with Gasteiger partial charge in [0.1, 0.15) is 11.5 Å². The van der Waals surface area contributed by atoms with E-state index in [1.54, 1.807) is 12.5 Å². The van der Waals surface area contributed by atoms with Crippen LogP contribution in [0.4, 0.5) is 0 Å². The molecule has 0 fully saturated rings. The number of aromatic nitrogens is 1. The highest BCUT2D eigenvalue weighted by Crippen LogP contribution is 2.29.